The highest BCUT2D eigenvalue weighted by molar-refractivity contribution is 9.10. The second kappa shape index (κ2) is 8.86. The van der Waals surface area contributed by atoms with Gasteiger partial charge in [-0.3, -0.25) is 14.9 Å². The van der Waals surface area contributed by atoms with E-state index in [1.807, 2.05) is 6.07 Å². The van der Waals surface area contributed by atoms with Crippen LogP contribution in [0.3, 0.4) is 0 Å². The number of nitrogens with zero attached hydrogens (tertiary/aromatic N) is 6. The van der Waals surface area contributed by atoms with Crippen LogP contribution in [0.5, 0.6) is 0 Å². The molecule has 5 N–H and O–H groups in total. The molecule has 0 aliphatic carbocycles. The number of benzene rings is 1. The normalized spacial score (nSPS) is 11.0. The summed E-state index contributed by atoms with van der Waals surface area (Å²) < 4.78 is 15.6. The molecule has 0 saturated heterocycles. The quantitative estimate of drug-likeness (QED) is 0.264. The van der Waals surface area contributed by atoms with Crippen molar-refractivity contribution in [1.29, 1.82) is 0 Å². The fourth-order valence-electron chi connectivity index (χ4n) is 3.26. The van der Waals surface area contributed by atoms with Crippen LogP contribution in [0.2, 0.25) is 0 Å². The number of aromatic nitrogens is 7. The van der Waals surface area contributed by atoms with E-state index in [0.717, 1.165) is 10.0 Å². The number of nitrogens with two attached hydrogens (primary N) is 1. The topological polar surface area (TPSA) is 152 Å². The molecule has 13 heteroatoms. The van der Waals surface area contributed by atoms with E-state index in [1.165, 1.54) is 18.5 Å². The molecule has 0 aliphatic rings. The Morgan fingerprint density at radius 1 is 1.18 bits per heavy atom. The Morgan fingerprint density at radius 3 is 2.79 bits per heavy atom. The summed E-state index contributed by atoms with van der Waals surface area (Å²) in [6.45, 7) is -0.0798. The number of hydrogen-bond donors (Lipinski definition) is 4. The number of carbonyl (C=O) groups is 1. The van der Waals surface area contributed by atoms with E-state index in [4.69, 9.17) is 5.73 Å². The fraction of sp³-hybridized carbons (Fsp3) is 0.0476. The fourth-order valence-corrected chi connectivity index (χ4v) is 3.63. The number of halogens is 2. The lowest BCUT2D eigenvalue weighted by molar-refractivity contribution is -0.116. The number of hydrogen-bond acceptors (Lipinski definition) is 8. The molecule has 0 bridgehead atoms. The molecule has 0 radical (unpaired) electrons. The number of carbonyl (C=O) groups excluding carboxylic acids is 1. The first kappa shape index (κ1) is 21.5. The molecular weight excluding hydrogens is 507 g/mol. The zero-order chi connectivity index (χ0) is 23.7. The first-order valence-electron chi connectivity index (χ1n) is 9.92. The van der Waals surface area contributed by atoms with Gasteiger partial charge < -0.3 is 20.9 Å². The molecule has 170 valence electrons. The minimum Gasteiger partial charge on any atom is -0.368 e. The minimum absolute atomic E-state index is 0.00107. The van der Waals surface area contributed by atoms with E-state index in [0.29, 0.717) is 34.2 Å². The summed E-state index contributed by atoms with van der Waals surface area (Å²) in [5.41, 5.74) is 8.77. The maximum Gasteiger partial charge on any atom is 0.245 e. The van der Waals surface area contributed by atoms with Gasteiger partial charge in [0.25, 0.3) is 0 Å². The highest BCUT2D eigenvalue weighted by Gasteiger charge is 2.15. The van der Waals surface area contributed by atoms with Gasteiger partial charge in [0, 0.05) is 34.2 Å². The summed E-state index contributed by atoms with van der Waals surface area (Å²) in [7, 11) is 0. The molecule has 5 aromatic rings. The number of imidazole rings is 1. The standard InChI is InChI=1S/C21H16BrFN10O/c22-12-5-11(7-25-8-12)15-6-16(32-31-15)28-17(34)9-33-10-26-18-19(29-21(24)30-20(18)33)27-14-3-1-13(23)2-4-14/h1-8,10H,9H2,(H3,24,27,29,30)(H2,28,31,32,34). The maximum absolute atomic E-state index is 13.2. The molecule has 4 heterocycles. The van der Waals surface area contributed by atoms with Gasteiger partial charge in [0.05, 0.1) is 12.0 Å². The summed E-state index contributed by atoms with van der Waals surface area (Å²) in [5, 5.41) is 12.8. The summed E-state index contributed by atoms with van der Waals surface area (Å²) >= 11 is 3.38. The van der Waals surface area contributed by atoms with E-state index in [1.54, 1.807) is 35.2 Å². The predicted molar refractivity (Wildman–Crippen MR) is 128 cm³/mol. The van der Waals surface area contributed by atoms with Gasteiger partial charge in [-0.15, -0.1) is 0 Å². The number of amides is 1. The smallest absolute Gasteiger partial charge is 0.245 e. The lowest BCUT2D eigenvalue weighted by Crippen LogP contribution is -2.19. The van der Waals surface area contributed by atoms with Crippen molar-refractivity contribution in [2.24, 2.45) is 0 Å². The van der Waals surface area contributed by atoms with Gasteiger partial charge in [0.15, 0.2) is 22.8 Å². The lowest BCUT2D eigenvalue weighted by atomic mass is 10.2. The Hall–Kier alpha value is -4.39. The van der Waals surface area contributed by atoms with Crippen molar-refractivity contribution >= 4 is 56.3 Å². The highest BCUT2D eigenvalue weighted by atomic mass is 79.9. The SMILES string of the molecule is Nc1nc(Nc2ccc(F)cc2)c2ncn(CC(=O)Nc3cc(-c4cncc(Br)c4)[nH]n3)c2n1. The third-order valence-corrected chi connectivity index (χ3v) is 5.20. The average molecular weight is 523 g/mol. The molecule has 0 fully saturated rings. The molecule has 1 amide bonds. The molecule has 0 saturated carbocycles. The Kier molecular flexibility index (Phi) is 5.59. The van der Waals surface area contributed by atoms with Crippen LogP contribution in [0.4, 0.5) is 27.7 Å². The van der Waals surface area contributed by atoms with Crippen LogP contribution in [0.1, 0.15) is 0 Å². The van der Waals surface area contributed by atoms with Crippen molar-refractivity contribution in [1.82, 2.24) is 34.7 Å². The number of fused-ring (bicyclic) bond motifs is 1. The first-order chi connectivity index (χ1) is 16.4. The number of anilines is 4. The molecule has 0 spiro atoms. The number of rotatable bonds is 6. The van der Waals surface area contributed by atoms with Crippen LogP contribution in [0, 0.1) is 5.82 Å². The first-order valence-corrected chi connectivity index (χ1v) is 10.7. The Balaban J connectivity index is 1.33. The third kappa shape index (κ3) is 4.54. The van der Waals surface area contributed by atoms with Crippen molar-refractivity contribution < 1.29 is 9.18 Å². The van der Waals surface area contributed by atoms with Crippen molar-refractivity contribution in [3.05, 3.63) is 65.4 Å². The van der Waals surface area contributed by atoms with Gasteiger partial charge in [0.1, 0.15) is 12.4 Å². The number of H-pyrrole nitrogens is 1. The summed E-state index contributed by atoms with van der Waals surface area (Å²) in [6, 6.07) is 9.35. The monoisotopic (exact) mass is 522 g/mol. The zero-order valence-electron chi connectivity index (χ0n) is 17.3. The van der Waals surface area contributed by atoms with Gasteiger partial charge in [-0.25, -0.2) is 9.37 Å². The van der Waals surface area contributed by atoms with E-state index in [-0.39, 0.29) is 24.2 Å². The second-order valence-electron chi connectivity index (χ2n) is 7.21. The molecule has 5 rings (SSSR count). The average Bonchev–Trinajstić information content (AvgIpc) is 3.43. The van der Waals surface area contributed by atoms with Crippen LogP contribution in [-0.2, 0) is 11.3 Å². The molecular formula is C21H16BrFN10O. The van der Waals surface area contributed by atoms with Crippen molar-refractivity contribution in [3.63, 3.8) is 0 Å². The molecule has 4 aromatic heterocycles. The van der Waals surface area contributed by atoms with Crippen LogP contribution >= 0.6 is 15.9 Å². The molecule has 34 heavy (non-hydrogen) atoms. The molecule has 1 aromatic carbocycles. The summed E-state index contributed by atoms with van der Waals surface area (Å²) in [5.74, 6) is 0.00404. The Bertz CT molecular complexity index is 1500. The van der Waals surface area contributed by atoms with Crippen molar-refractivity contribution in [2.75, 3.05) is 16.4 Å². The van der Waals surface area contributed by atoms with Gasteiger partial charge in [0.2, 0.25) is 11.9 Å². The number of aromatic amines is 1. The number of nitrogens with one attached hydrogen (secondary N) is 3. The van der Waals surface area contributed by atoms with Gasteiger partial charge >= 0.3 is 0 Å². The second-order valence-corrected chi connectivity index (χ2v) is 8.13. The van der Waals surface area contributed by atoms with Crippen LogP contribution < -0.4 is 16.4 Å². The van der Waals surface area contributed by atoms with Gasteiger partial charge in [-0.2, -0.15) is 15.1 Å². The van der Waals surface area contributed by atoms with E-state index >= 15 is 0 Å². The van der Waals surface area contributed by atoms with E-state index in [2.05, 4.69) is 56.7 Å². The minimum atomic E-state index is -0.356. The van der Waals surface area contributed by atoms with E-state index in [9.17, 15) is 9.18 Å². The predicted octanol–water partition coefficient (Wildman–Crippen LogP) is 3.48. The maximum atomic E-state index is 13.2. The van der Waals surface area contributed by atoms with Crippen LogP contribution in [0.15, 0.2) is 59.6 Å². The van der Waals surface area contributed by atoms with Crippen molar-refractivity contribution in [2.45, 2.75) is 6.54 Å². The van der Waals surface area contributed by atoms with Crippen LogP contribution in [0.25, 0.3) is 22.4 Å². The summed E-state index contributed by atoms with van der Waals surface area (Å²) in [6.07, 6.45) is 4.83. The summed E-state index contributed by atoms with van der Waals surface area (Å²) in [4.78, 5) is 29.5. The molecule has 0 atom stereocenters. The number of pyridine rings is 1. The third-order valence-electron chi connectivity index (χ3n) is 4.76. The van der Waals surface area contributed by atoms with Gasteiger partial charge in [-0.05, 0) is 46.3 Å². The van der Waals surface area contributed by atoms with E-state index < -0.39 is 0 Å². The Morgan fingerprint density at radius 2 is 2.00 bits per heavy atom. The van der Waals surface area contributed by atoms with Gasteiger partial charge in [-0.1, -0.05) is 0 Å². The largest absolute Gasteiger partial charge is 0.368 e. The lowest BCUT2D eigenvalue weighted by Gasteiger charge is -2.08. The van der Waals surface area contributed by atoms with Crippen molar-refractivity contribution in [3.8, 4) is 11.3 Å². The molecule has 11 nitrogen and oxygen atoms in total. The molecule has 0 unspecified atom stereocenters. The molecule has 0 aliphatic heterocycles. The number of nitrogen functional groups attached to an aromatic ring is 1. The Labute approximate surface area is 199 Å². The zero-order valence-corrected chi connectivity index (χ0v) is 18.9. The van der Waals surface area contributed by atoms with Crippen LogP contribution in [-0.4, -0.2) is 40.6 Å². The highest BCUT2D eigenvalue weighted by Crippen LogP contribution is 2.24.